The highest BCUT2D eigenvalue weighted by molar-refractivity contribution is 6.61. The minimum absolute atomic E-state index is 0.306. The van der Waals surface area contributed by atoms with E-state index in [4.69, 9.17) is 5.73 Å². The van der Waals surface area contributed by atoms with Crippen LogP contribution in [-0.4, -0.2) is 17.2 Å². The van der Waals surface area contributed by atoms with E-state index in [0.717, 1.165) is 5.56 Å². The second-order valence-corrected chi connectivity index (χ2v) is 3.15. The lowest BCUT2D eigenvalue weighted by Gasteiger charge is -2.11. The van der Waals surface area contributed by atoms with Crippen LogP contribution in [0.2, 0.25) is 0 Å². The molecule has 0 bridgehead atoms. The minimum atomic E-state index is -1.58. The smallest absolute Gasteiger partial charge is 0.423 e. The van der Waals surface area contributed by atoms with Gasteiger partial charge in [-0.3, -0.25) is 0 Å². The summed E-state index contributed by atoms with van der Waals surface area (Å²) in [5.74, 6) is 0. The Morgan fingerprint density at radius 2 is 2.07 bits per heavy atom. The number of allylic oxidation sites excluding steroid dienone is 1. The highest BCUT2D eigenvalue weighted by Gasteiger charge is 2.19. The van der Waals surface area contributed by atoms with Gasteiger partial charge in [0.05, 0.1) is 0 Å². The number of benzene rings is 1. The number of nitrogens with two attached hydrogens (primary N) is 1. The Bertz CT molecular complexity index is 400. The summed E-state index contributed by atoms with van der Waals surface area (Å²) in [4.78, 5) is 0. The predicted octanol–water partition coefficient (Wildman–Crippen LogP) is 0.625. The average Bonchev–Trinajstić information content (AvgIpc) is 2.19. The Kier molecular flexibility index (Phi) is 3.71. The number of nitrogen functional groups attached to an aromatic ring is 1. The number of hydrogen-bond acceptors (Lipinski definition) is 3. The van der Waals surface area contributed by atoms with Gasteiger partial charge in [-0.1, -0.05) is 30.9 Å². The van der Waals surface area contributed by atoms with E-state index in [9.17, 15) is 10.0 Å². The molecule has 0 spiro atoms. The van der Waals surface area contributed by atoms with Crippen molar-refractivity contribution in [3.63, 3.8) is 0 Å². The van der Waals surface area contributed by atoms with E-state index in [2.05, 4.69) is 6.58 Å². The Labute approximate surface area is 89.7 Å². The van der Waals surface area contributed by atoms with Gasteiger partial charge in [0.25, 0.3) is 0 Å². The zero-order valence-corrected chi connectivity index (χ0v) is 8.64. The Balaban J connectivity index is 3.46. The fraction of sp³-hybridized carbons (Fsp3) is 0.0909. The Morgan fingerprint density at radius 1 is 1.40 bits per heavy atom. The molecule has 1 aromatic carbocycles. The number of hydrogen-bond donors (Lipinski definition) is 3. The predicted molar refractivity (Wildman–Crippen MR) is 65.5 cm³/mol. The molecule has 0 unspecified atom stereocenters. The summed E-state index contributed by atoms with van der Waals surface area (Å²) in [5, 5.41) is 18.4. The quantitative estimate of drug-likeness (QED) is 0.498. The van der Waals surface area contributed by atoms with Gasteiger partial charge < -0.3 is 15.8 Å². The molecule has 0 saturated heterocycles. The van der Waals surface area contributed by atoms with Crippen LogP contribution in [0.15, 0.2) is 24.8 Å². The van der Waals surface area contributed by atoms with Gasteiger partial charge >= 0.3 is 7.12 Å². The van der Waals surface area contributed by atoms with E-state index >= 15 is 0 Å². The van der Waals surface area contributed by atoms with Crippen molar-refractivity contribution >= 4 is 30.4 Å². The second kappa shape index (κ2) is 4.82. The van der Waals surface area contributed by atoms with Crippen molar-refractivity contribution in [2.45, 2.75) is 6.92 Å². The molecule has 0 saturated carbocycles. The third-order valence-electron chi connectivity index (χ3n) is 2.16. The fourth-order valence-corrected chi connectivity index (χ4v) is 1.51. The maximum Gasteiger partial charge on any atom is 0.491 e. The molecule has 0 fully saturated rings. The molecule has 0 atom stereocenters. The SMILES string of the molecule is C=Cc1c(/C=C\C)ccc(N)c1B(O)O. The highest BCUT2D eigenvalue weighted by atomic mass is 16.4. The van der Waals surface area contributed by atoms with Gasteiger partial charge in [-0.25, -0.2) is 0 Å². The molecule has 0 aliphatic rings. The highest BCUT2D eigenvalue weighted by Crippen LogP contribution is 2.14. The molecule has 15 heavy (non-hydrogen) atoms. The average molecular weight is 203 g/mol. The Hall–Kier alpha value is -1.52. The minimum Gasteiger partial charge on any atom is -0.423 e. The lowest BCUT2D eigenvalue weighted by molar-refractivity contribution is 0.426. The van der Waals surface area contributed by atoms with Gasteiger partial charge in [0.2, 0.25) is 0 Å². The molecule has 0 aromatic heterocycles. The van der Waals surface area contributed by atoms with Gasteiger partial charge in [0.1, 0.15) is 0 Å². The first kappa shape index (κ1) is 11.6. The lowest BCUT2D eigenvalue weighted by Crippen LogP contribution is -2.35. The molecule has 4 heteroatoms. The zero-order chi connectivity index (χ0) is 11.4. The maximum absolute atomic E-state index is 9.21. The van der Waals surface area contributed by atoms with Gasteiger partial charge in [-0.2, -0.15) is 0 Å². The molecule has 0 heterocycles. The van der Waals surface area contributed by atoms with Crippen LogP contribution in [0.3, 0.4) is 0 Å². The summed E-state index contributed by atoms with van der Waals surface area (Å²) < 4.78 is 0. The molecule has 0 aliphatic heterocycles. The Morgan fingerprint density at radius 3 is 2.53 bits per heavy atom. The van der Waals surface area contributed by atoms with Crippen molar-refractivity contribution in [2.24, 2.45) is 0 Å². The zero-order valence-electron chi connectivity index (χ0n) is 8.64. The van der Waals surface area contributed by atoms with E-state index in [-0.39, 0.29) is 0 Å². The molecular weight excluding hydrogens is 189 g/mol. The van der Waals surface area contributed by atoms with Crippen molar-refractivity contribution in [1.82, 2.24) is 0 Å². The van der Waals surface area contributed by atoms with Crippen molar-refractivity contribution in [2.75, 3.05) is 5.73 Å². The van der Waals surface area contributed by atoms with E-state index in [1.165, 1.54) is 0 Å². The molecular formula is C11H14BNO2. The molecule has 4 N–H and O–H groups in total. The fourth-order valence-electron chi connectivity index (χ4n) is 1.51. The number of rotatable bonds is 3. The van der Waals surface area contributed by atoms with Gasteiger partial charge in [0, 0.05) is 11.2 Å². The van der Waals surface area contributed by atoms with Crippen molar-refractivity contribution in [3.05, 3.63) is 35.9 Å². The van der Waals surface area contributed by atoms with E-state index in [1.54, 1.807) is 12.1 Å². The van der Waals surface area contributed by atoms with Crippen LogP contribution in [0.1, 0.15) is 18.1 Å². The van der Waals surface area contributed by atoms with Crippen LogP contribution in [-0.2, 0) is 0 Å². The summed E-state index contributed by atoms with van der Waals surface area (Å²) in [6, 6.07) is 3.47. The summed E-state index contributed by atoms with van der Waals surface area (Å²) >= 11 is 0. The van der Waals surface area contributed by atoms with Crippen LogP contribution in [0, 0.1) is 0 Å². The van der Waals surface area contributed by atoms with E-state index in [0.29, 0.717) is 16.7 Å². The molecule has 78 valence electrons. The van der Waals surface area contributed by atoms with Crippen LogP contribution in [0.5, 0.6) is 0 Å². The van der Waals surface area contributed by atoms with Crippen LogP contribution in [0.4, 0.5) is 5.69 Å². The molecule has 1 aromatic rings. The molecule has 0 radical (unpaired) electrons. The largest absolute Gasteiger partial charge is 0.491 e. The van der Waals surface area contributed by atoms with Crippen LogP contribution in [0.25, 0.3) is 12.2 Å². The first-order chi connectivity index (χ1) is 7.11. The lowest BCUT2D eigenvalue weighted by atomic mass is 9.74. The molecule has 1 rings (SSSR count). The monoisotopic (exact) mass is 203 g/mol. The topological polar surface area (TPSA) is 66.5 Å². The third kappa shape index (κ3) is 2.29. The summed E-state index contributed by atoms with van der Waals surface area (Å²) in [5.41, 5.74) is 7.85. The van der Waals surface area contributed by atoms with E-state index in [1.807, 2.05) is 25.1 Å². The second-order valence-electron chi connectivity index (χ2n) is 3.15. The van der Waals surface area contributed by atoms with Gasteiger partial charge in [0.15, 0.2) is 0 Å². The van der Waals surface area contributed by atoms with Crippen LogP contribution >= 0.6 is 0 Å². The number of anilines is 1. The van der Waals surface area contributed by atoms with Crippen molar-refractivity contribution in [3.8, 4) is 0 Å². The summed E-state index contributed by atoms with van der Waals surface area (Å²) in [6.07, 6.45) is 5.30. The van der Waals surface area contributed by atoms with E-state index < -0.39 is 7.12 Å². The van der Waals surface area contributed by atoms with Crippen molar-refractivity contribution in [1.29, 1.82) is 0 Å². The standard InChI is InChI=1S/C11H14BNO2/c1-3-5-8-6-7-10(13)11(12(14)15)9(8)4-2/h3-7,14-15H,2,13H2,1H3/b5-3-. The summed E-state index contributed by atoms with van der Waals surface area (Å²) in [7, 11) is -1.58. The third-order valence-corrected chi connectivity index (χ3v) is 2.16. The molecule has 3 nitrogen and oxygen atoms in total. The molecule has 0 aliphatic carbocycles. The summed E-state index contributed by atoms with van der Waals surface area (Å²) in [6.45, 7) is 5.53. The van der Waals surface area contributed by atoms with Crippen LogP contribution < -0.4 is 11.2 Å². The first-order valence-corrected chi connectivity index (χ1v) is 4.65. The first-order valence-electron chi connectivity index (χ1n) is 4.65. The maximum atomic E-state index is 9.21. The van der Waals surface area contributed by atoms with Crippen molar-refractivity contribution < 1.29 is 10.0 Å². The normalized spacial score (nSPS) is 10.6. The van der Waals surface area contributed by atoms with Gasteiger partial charge in [-0.15, -0.1) is 0 Å². The van der Waals surface area contributed by atoms with Gasteiger partial charge in [-0.05, 0) is 24.1 Å². The molecule has 0 amide bonds.